The van der Waals surface area contributed by atoms with E-state index in [9.17, 15) is 4.79 Å². The standard InChI is InChI=1S/C15H26N4O/c1-3-4-5-8-19-9-6-7-14(19)11-16-15(20)13-10-17-18(2)12-13/h10,12,14H,3-9,11H2,1-2H3,(H,16,20)/t14-/m1/s1. The van der Waals surface area contributed by atoms with Crippen molar-refractivity contribution in [3.05, 3.63) is 18.0 Å². The predicted octanol–water partition coefficient (Wildman–Crippen LogP) is 1.80. The number of rotatable bonds is 7. The van der Waals surface area contributed by atoms with Crippen molar-refractivity contribution in [1.29, 1.82) is 0 Å². The summed E-state index contributed by atoms with van der Waals surface area (Å²) in [4.78, 5) is 14.5. The van der Waals surface area contributed by atoms with Crippen LogP contribution in [0.2, 0.25) is 0 Å². The minimum atomic E-state index is -0.0153. The fraction of sp³-hybridized carbons (Fsp3) is 0.733. The van der Waals surface area contributed by atoms with Gasteiger partial charge in [-0.2, -0.15) is 5.10 Å². The van der Waals surface area contributed by atoms with Crippen molar-refractivity contribution >= 4 is 5.91 Å². The third-order valence-corrected chi connectivity index (χ3v) is 4.01. The van der Waals surface area contributed by atoms with Crippen LogP contribution in [-0.2, 0) is 7.05 Å². The maximum absolute atomic E-state index is 12.0. The van der Waals surface area contributed by atoms with Crippen molar-refractivity contribution in [2.75, 3.05) is 19.6 Å². The Bertz CT molecular complexity index is 429. The number of carbonyl (C=O) groups is 1. The number of hydrogen-bond donors (Lipinski definition) is 1. The molecule has 0 saturated carbocycles. The Morgan fingerprint density at radius 3 is 3.05 bits per heavy atom. The van der Waals surface area contributed by atoms with E-state index in [0.717, 1.165) is 6.54 Å². The van der Waals surface area contributed by atoms with Crippen LogP contribution < -0.4 is 5.32 Å². The molecule has 112 valence electrons. The molecule has 2 rings (SSSR count). The number of nitrogens with zero attached hydrogens (tertiary/aromatic N) is 3. The third kappa shape index (κ3) is 4.07. The van der Waals surface area contributed by atoms with Crippen molar-refractivity contribution < 1.29 is 4.79 Å². The second-order valence-electron chi connectivity index (χ2n) is 5.65. The van der Waals surface area contributed by atoms with E-state index in [1.54, 1.807) is 17.1 Å². The lowest BCUT2D eigenvalue weighted by atomic mass is 10.2. The van der Waals surface area contributed by atoms with Crippen LogP contribution in [0, 0.1) is 0 Å². The first kappa shape index (κ1) is 15.0. The molecule has 1 aliphatic heterocycles. The van der Waals surface area contributed by atoms with E-state index in [1.807, 2.05) is 7.05 Å². The summed E-state index contributed by atoms with van der Waals surface area (Å²) in [6.07, 6.45) is 9.63. The minimum absolute atomic E-state index is 0.0153. The van der Waals surface area contributed by atoms with Crippen LogP contribution in [0.15, 0.2) is 12.4 Å². The number of nitrogens with one attached hydrogen (secondary N) is 1. The topological polar surface area (TPSA) is 50.2 Å². The van der Waals surface area contributed by atoms with E-state index in [-0.39, 0.29) is 5.91 Å². The molecule has 0 bridgehead atoms. The van der Waals surface area contributed by atoms with Gasteiger partial charge in [-0.05, 0) is 32.4 Å². The van der Waals surface area contributed by atoms with Crippen molar-refractivity contribution in [3.63, 3.8) is 0 Å². The van der Waals surface area contributed by atoms with Gasteiger partial charge >= 0.3 is 0 Å². The van der Waals surface area contributed by atoms with E-state index in [0.29, 0.717) is 11.6 Å². The molecule has 1 aliphatic rings. The van der Waals surface area contributed by atoms with Crippen LogP contribution in [0.5, 0.6) is 0 Å². The summed E-state index contributed by atoms with van der Waals surface area (Å²) in [5, 5.41) is 7.07. The van der Waals surface area contributed by atoms with Crippen molar-refractivity contribution in [3.8, 4) is 0 Å². The summed E-state index contributed by atoms with van der Waals surface area (Å²) in [6.45, 7) is 5.33. The molecule has 0 radical (unpaired) electrons. The SMILES string of the molecule is CCCCCN1CCC[C@@H]1CNC(=O)c1cnn(C)c1. The van der Waals surface area contributed by atoms with Gasteiger partial charge in [0.2, 0.25) is 0 Å². The lowest BCUT2D eigenvalue weighted by Gasteiger charge is -2.24. The molecule has 0 spiro atoms. The molecular weight excluding hydrogens is 252 g/mol. The Hall–Kier alpha value is -1.36. The number of hydrogen-bond acceptors (Lipinski definition) is 3. The van der Waals surface area contributed by atoms with Crippen molar-refractivity contribution in [1.82, 2.24) is 20.0 Å². The van der Waals surface area contributed by atoms with Gasteiger partial charge in [-0.25, -0.2) is 0 Å². The molecule has 0 unspecified atom stereocenters. The van der Waals surface area contributed by atoms with E-state index in [1.165, 1.54) is 45.2 Å². The first-order chi connectivity index (χ1) is 9.70. The predicted molar refractivity (Wildman–Crippen MR) is 79.7 cm³/mol. The second kappa shape index (κ2) is 7.43. The summed E-state index contributed by atoms with van der Waals surface area (Å²) in [7, 11) is 1.82. The largest absolute Gasteiger partial charge is 0.350 e. The Labute approximate surface area is 121 Å². The number of aryl methyl sites for hydroxylation is 1. The smallest absolute Gasteiger partial charge is 0.254 e. The number of likely N-dealkylation sites (tertiary alicyclic amines) is 1. The first-order valence-corrected chi connectivity index (χ1v) is 7.71. The quantitative estimate of drug-likeness (QED) is 0.774. The highest BCUT2D eigenvalue weighted by atomic mass is 16.1. The molecule has 1 saturated heterocycles. The lowest BCUT2D eigenvalue weighted by molar-refractivity contribution is 0.0940. The van der Waals surface area contributed by atoms with Gasteiger partial charge in [0.25, 0.3) is 5.91 Å². The molecule has 5 heteroatoms. The van der Waals surface area contributed by atoms with Gasteiger partial charge in [0.1, 0.15) is 0 Å². The average molecular weight is 278 g/mol. The molecule has 5 nitrogen and oxygen atoms in total. The maximum Gasteiger partial charge on any atom is 0.254 e. The summed E-state index contributed by atoms with van der Waals surface area (Å²) in [5.41, 5.74) is 0.642. The summed E-state index contributed by atoms with van der Waals surface area (Å²) < 4.78 is 1.65. The van der Waals surface area contributed by atoms with Gasteiger partial charge in [0.05, 0.1) is 11.8 Å². The van der Waals surface area contributed by atoms with Crippen LogP contribution >= 0.6 is 0 Å². The van der Waals surface area contributed by atoms with Crippen LogP contribution in [0.4, 0.5) is 0 Å². The maximum atomic E-state index is 12.0. The van der Waals surface area contributed by atoms with Gasteiger partial charge in [0, 0.05) is 25.8 Å². The fourth-order valence-corrected chi connectivity index (χ4v) is 2.84. The molecule has 20 heavy (non-hydrogen) atoms. The Morgan fingerprint density at radius 1 is 1.50 bits per heavy atom. The van der Waals surface area contributed by atoms with Gasteiger partial charge in [-0.3, -0.25) is 14.4 Å². The zero-order valence-electron chi connectivity index (χ0n) is 12.6. The molecular formula is C15H26N4O. The number of unbranched alkanes of at least 4 members (excludes halogenated alkanes) is 2. The summed E-state index contributed by atoms with van der Waals surface area (Å²) in [5.74, 6) is -0.0153. The minimum Gasteiger partial charge on any atom is -0.350 e. The number of amides is 1. The van der Waals surface area contributed by atoms with E-state index >= 15 is 0 Å². The van der Waals surface area contributed by atoms with Crippen molar-refractivity contribution in [2.45, 2.75) is 45.1 Å². The van der Waals surface area contributed by atoms with E-state index in [4.69, 9.17) is 0 Å². The molecule has 1 amide bonds. The highest BCUT2D eigenvalue weighted by Crippen LogP contribution is 2.17. The molecule has 1 aromatic rings. The lowest BCUT2D eigenvalue weighted by Crippen LogP contribution is -2.40. The first-order valence-electron chi connectivity index (χ1n) is 7.71. The normalized spacial score (nSPS) is 19.4. The third-order valence-electron chi connectivity index (χ3n) is 4.01. The summed E-state index contributed by atoms with van der Waals surface area (Å²) in [6, 6.07) is 0.507. The Kier molecular flexibility index (Phi) is 5.59. The molecule has 1 aromatic heterocycles. The van der Waals surface area contributed by atoms with E-state index < -0.39 is 0 Å². The fourth-order valence-electron chi connectivity index (χ4n) is 2.84. The molecule has 2 heterocycles. The van der Waals surface area contributed by atoms with Crippen LogP contribution in [-0.4, -0.2) is 46.3 Å². The molecule has 1 N–H and O–H groups in total. The molecule has 0 aliphatic carbocycles. The van der Waals surface area contributed by atoms with Gasteiger partial charge in [-0.1, -0.05) is 19.8 Å². The molecule has 1 atom stereocenters. The second-order valence-corrected chi connectivity index (χ2v) is 5.65. The molecule has 0 aromatic carbocycles. The van der Waals surface area contributed by atoms with Crippen LogP contribution in [0.3, 0.4) is 0 Å². The van der Waals surface area contributed by atoms with Crippen LogP contribution in [0.1, 0.15) is 49.4 Å². The number of aromatic nitrogens is 2. The summed E-state index contributed by atoms with van der Waals surface area (Å²) >= 11 is 0. The van der Waals surface area contributed by atoms with Crippen LogP contribution in [0.25, 0.3) is 0 Å². The zero-order chi connectivity index (χ0) is 14.4. The highest BCUT2D eigenvalue weighted by Gasteiger charge is 2.24. The average Bonchev–Trinajstić information content (AvgIpc) is 3.05. The molecule has 1 fully saturated rings. The Balaban J connectivity index is 1.76. The van der Waals surface area contributed by atoms with Crippen molar-refractivity contribution in [2.24, 2.45) is 7.05 Å². The Morgan fingerprint density at radius 2 is 2.35 bits per heavy atom. The highest BCUT2D eigenvalue weighted by molar-refractivity contribution is 5.93. The van der Waals surface area contributed by atoms with Gasteiger partial charge < -0.3 is 5.32 Å². The van der Waals surface area contributed by atoms with Gasteiger partial charge in [0.15, 0.2) is 0 Å². The monoisotopic (exact) mass is 278 g/mol. The zero-order valence-corrected chi connectivity index (χ0v) is 12.6. The number of carbonyl (C=O) groups excluding carboxylic acids is 1. The van der Waals surface area contributed by atoms with E-state index in [2.05, 4.69) is 22.2 Å². The van der Waals surface area contributed by atoms with Gasteiger partial charge in [-0.15, -0.1) is 0 Å².